The minimum absolute atomic E-state index is 0.0419. The molecule has 0 radical (unpaired) electrons. The monoisotopic (exact) mass is 499 g/mol. The third-order valence-electron chi connectivity index (χ3n) is 6.57. The number of aromatic nitrogens is 2. The Morgan fingerprint density at radius 1 is 1.21 bits per heavy atom. The Bertz CT molecular complexity index is 1280. The number of aryl methyl sites for hydroxylation is 2. The SMILES string of the molecule is Cc1sc2nc(SCC(=O)NCCc3ccc4c(c3)OCCO4)n(C3CCCC3)c(=O)c2c1C. The number of ether oxygens (including phenoxy) is 2. The van der Waals surface area contributed by atoms with Gasteiger partial charge in [-0.1, -0.05) is 30.7 Å². The second kappa shape index (κ2) is 10.00. The third kappa shape index (κ3) is 4.68. The molecule has 0 saturated heterocycles. The highest BCUT2D eigenvalue weighted by atomic mass is 32.2. The van der Waals surface area contributed by atoms with Crippen LogP contribution in [0.25, 0.3) is 10.2 Å². The van der Waals surface area contributed by atoms with Crippen LogP contribution in [0.2, 0.25) is 0 Å². The smallest absolute Gasteiger partial charge is 0.263 e. The summed E-state index contributed by atoms with van der Waals surface area (Å²) in [5.74, 6) is 1.70. The maximum atomic E-state index is 13.4. The Hall–Kier alpha value is -2.52. The van der Waals surface area contributed by atoms with Crippen LogP contribution in [0.5, 0.6) is 11.5 Å². The molecular weight excluding hydrogens is 470 g/mol. The Morgan fingerprint density at radius 2 is 1.97 bits per heavy atom. The zero-order valence-corrected chi connectivity index (χ0v) is 21.2. The van der Waals surface area contributed by atoms with Gasteiger partial charge in [0.15, 0.2) is 16.7 Å². The molecule has 7 nitrogen and oxygen atoms in total. The lowest BCUT2D eigenvalue weighted by Crippen LogP contribution is -2.29. The van der Waals surface area contributed by atoms with Crippen LogP contribution in [0.4, 0.5) is 0 Å². The van der Waals surface area contributed by atoms with E-state index in [0.717, 1.165) is 63.4 Å². The minimum atomic E-state index is -0.0617. The molecule has 1 saturated carbocycles. The number of benzene rings is 1. The summed E-state index contributed by atoms with van der Waals surface area (Å²) in [6.45, 7) is 5.69. The molecular formula is C25H29N3O4S2. The normalized spacial score (nSPS) is 15.7. The minimum Gasteiger partial charge on any atom is -0.486 e. The summed E-state index contributed by atoms with van der Waals surface area (Å²) in [6.07, 6.45) is 4.94. The first-order chi connectivity index (χ1) is 16.5. The molecule has 0 atom stereocenters. The molecule has 0 bridgehead atoms. The summed E-state index contributed by atoms with van der Waals surface area (Å²) >= 11 is 2.92. The topological polar surface area (TPSA) is 82.4 Å². The van der Waals surface area contributed by atoms with E-state index < -0.39 is 0 Å². The second-order valence-corrected chi connectivity index (χ2v) is 11.0. The zero-order chi connectivity index (χ0) is 23.7. The van der Waals surface area contributed by atoms with Gasteiger partial charge in [0.2, 0.25) is 5.91 Å². The molecule has 34 heavy (non-hydrogen) atoms. The van der Waals surface area contributed by atoms with Gasteiger partial charge in [-0.2, -0.15) is 0 Å². The van der Waals surface area contributed by atoms with Crippen molar-refractivity contribution in [1.82, 2.24) is 14.9 Å². The van der Waals surface area contributed by atoms with Crippen LogP contribution >= 0.6 is 23.1 Å². The van der Waals surface area contributed by atoms with E-state index in [1.54, 1.807) is 11.3 Å². The van der Waals surface area contributed by atoms with Crippen LogP contribution < -0.4 is 20.3 Å². The lowest BCUT2D eigenvalue weighted by Gasteiger charge is -2.19. The molecule has 1 aromatic carbocycles. The lowest BCUT2D eigenvalue weighted by atomic mass is 10.1. The standard InChI is InChI=1S/C25H29N3O4S2/c1-15-16(2)34-23-22(15)24(30)28(18-5-3-4-6-18)25(27-23)33-14-21(29)26-10-9-17-7-8-19-20(13-17)32-12-11-31-19/h7-8,13,18H,3-6,9-12,14H2,1-2H3,(H,26,29). The van der Waals surface area contributed by atoms with E-state index in [1.807, 2.05) is 36.6 Å². The van der Waals surface area contributed by atoms with Gasteiger partial charge in [-0.25, -0.2) is 4.98 Å². The van der Waals surface area contributed by atoms with Crippen molar-refractivity contribution in [1.29, 1.82) is 0 Å². The van der Waals surface area contributed by atoms with Crippen molar-refractivity contribution in [3.05, 3.63) is 44.6 Å². The number of thiophene rings is 1. The van der Waals surface area contributed by atoms with Crippen molar-refractivity contribution in [3.8, 4) is 11.5 Å². The molecule has 0 unspecified atom stereocenters. The number of carbonyl (C=O) groups excluding carboxylic acids is 1. The van der Waals surface area contributed by atoms with E-state index in [9.17, 15) is 9.59 Å². The van der Waals surface area contributed by atoms with Gasteiger partial charge in [0.25, 0.3) is 5.56 Å². The molecule has 0 spiro atoms. The molecule has 2 aromatic heterocycles. The molecule has 9 heteroatoms. The van der Waals surface area contributed by atoms with Crippen molar-refractivity contribution < 1.29 is 14.3 Å². The average Bonchev–Trinajstić information content (AvgIpc) is 3.46. The molecule has 5 rings (SSSR count). The van der Waals surface area contributed by atoms with E-state index in [2.05, 4.69) is 5.32 Å². The van der Waals surface area contributed by atoms with Crippen molar-refractivity contribution in [2.75, 3.05) is 25.5 Å². The van der Waals surface area contributed by atoms with Crippen LogP contribution in [0.15, 0.2) is 28.2 Å². The molecule has 3 aromatic rings. The first-order valence-electron chi connectivity index (χ1n) is 11.8. The number of amides is 1. The Labute approximate surface area is 206 Å². The van der Waals surface area contributed by atoms with E-state index in [-0.39, 0.29) is 23.3 Å². The fraction of sp³-hybridized carbons (Fsp3) is 0.480. The van der Waals surface area contributed by atoms with Crippen LogP contribution in [0.3, 0.4) is 0 Å². The van der Waals surface area contributed by atoms with E-state index >= 15 is 0 Å². The van der Waals surface area contributed by atoms with Crippen LogP contribution in [-0.2, 0) is 11.2 Å². The van der Waals surface area contributed by atoms with Crippen LogP contribution in [0.1, 0.15) is 47.7 Å². The number of hydrogen-bond donors (Lipinski definition) is 1. The number of carbonyl (C=O) groups is 1. The summed E-state index contributed by atoms with van der Waals surface area (Å²) < 4.78 is 13.1. The maximum Gasteiger partial charge on any atom is 0.263 e. The molecule has 1 fully saturated rings. The average molecular weight is 500 g/mol. The van der Waals surface area contributed by atoms with Crippen LogP contribution in [0, 0.1) is 13.8 Å². The number of hydrogen-bond acceptors (Lipinski definition) is 7. The summed E-state index contributed by atoms with van der Waals surface area (Å²) in [4.78, 5) is 32.8. The molecule has 2 aliphatic rings. The summed E-state index contributed by atoms with van der Waals surface area (Å²) in [7, 11) is 0. The number of fused-ring (bicyclic) bond motifs is 2. The van der Waals surface area contributed by atoms with Crippen molar-refractivity contribution in [2.45, 2.75) is 57.1 Å². The number of nitrogens with zero attached hydrogens (tertiary/aromatic N) is 2. The van der Waals surface area contributed by atoms with Gasteiger partial charge >= 0.3 is 0 Å². The fourth-order valence-corrected chi connectivity index (χ4v) is 6.61. The van der Waals surface area contributed by atoms with Crippen LogP contribution in [-0.4, -0.2) is 41.0 Å². The van der Waals surface area contributed by atoms with Crippen molar-refractivity contribution in [2.24, 2.45) is 0 Å². The molecule has 1 amide bonds. The largest absolute Gasteiger partial charge is 0.486 e. The summed E-state index contributed by atoms with van der Waals surface area (Å²) in [5, 5.41) is 4.39. The molecule has 180 valence electrons. The highest BCUT2D eigenvalue weighted by Crippen LogP contribution is 2.34. The van der Waals surface area contributed by atoms with Gasteiger partial charge in [0, 0.05) is 17.5 Å². The Balaban J connectivity index is 1.25. The third-order valence-corrected chi connectivity index (χ3v) is 8.62. The first-order valence-corrected chi connectivity index (χ1v) is 13.6. The predicted molar refractivity (Wildman–Crippen MR) is 136 cm³/mol. The van der Waals surface area contributed by atoms with Gasteiger partial charge < -0.3 is 14.8 Å². The fourth-order valence-electron chi connectivity index (χ4n) is 4.64. The highest BCUT2D eigenvalue weighted by molar-refractivity contribution is 7.99. The Morgan fingerprint density at radius 3 is 2.76 bits per heavy atom. The van der Waals surface area contributed by atoms with Gasteiger partial charge in [-0.15, -0.1) is 11.3 Å². The van der Waals surface area contributed by atoms with Crippen molar-refractivity contribution in [3.63, 3.8) is 0 Å². The zero-order valence-electron chi connectivity index (χ0n) is 19.5. The summed E-state index contributed by atoms with van der Waals surface area (Å²) in [6, 6.07) is 6.06. The van der Waals surface area contributed by atoms with E-state index in [0.29, 0.717) is 31.3 Å². The van der Waals surface area contributed by atoms with Crippen molar-refractivity contribution >= 4 is 39.2 Å². The molecule has 1 aliphatic carbocycles. The number of thioether (sulfide) groups is 1. The van der Waals surface area contributed by atoms with Gasteiger partial charge in [0.05, 0.1) is 11.1 Å². The molecule has 1 N–H and O–H groups in total. The lowest BCUT2D eigenvalue weighted by molar-refractivity contribution is -0.118. The number of nitrogens with one attached hydrogen (secondary N) is 1. The second-order valence-electron chi connectivity index (χ2n) is 8.84. The summed E-state index contributed by atoms with van der Waals surface area (Å²) in [5.41, 5.74) is 2.15. The van der Waals surface area contributed by atoms with Gasteiger partial charge in [0.1, 0.15) is 18.0 Å². The maximum absolute atomic E-state index is 13.4. The highest BCUT2D eigenvalue weighted by Gasteiger charge is 2.25. The Kier molecular flexibility index (Phi) is 6.83. The van der Waals surface area contributed by atoms with E-state index in [1.165, 1.54) is 11.8 Å². The van der Waals surface area contributed by atoms with Gasteiger partial charge in [-0.05, 0) is 56.4 Å². The first kappa shape index (κ1) is 23.2. The molecule has 3 heterocycles. The van der Waals surface area contributed by atoms with Gasteiger partial charge in [-0.3, -0.25) is 14.2 Å². The quantitative estimate of drug-likeness (QED) is 0.383. The molecule has 1 aliphatic heterocycles. The number of rotatable bonds is 7. The van der Waals surface area contributed by atoms with E-state index in [4.69, 9.17) is 14.5 Å². The predicted octanol–water partition coefficient (Wildman–Crippen LogP) is 4.41.